The SMILES string of the molecule is C/C=C(\C=C/CC)SN(F)Sc1ccccc1. The van der Waals surface area contributed by atoms with Crippen LogP contribution in [-0.4, -0.2) is 3.93 Å². The van der Waals surface area contributed by atoms with Gasteiger partial charge < -0.3 is 0 Å². The Kier molecular flexibility index (Phi) is 7.08. The molecule has 0 N–H and O–H groups in total. The van der Waals surface area contributed by atoms with Gasteiger partial charge in [-0.25, -0.2) is 0 Å². The van der Waals surface area contributed by atoms with Crippen LogP contribution in [0, 0.1) is 0 Å². The zero-order valence-corrected chi connectivity index (χ0v) is 11.6. The molecule has 1 aromatic rings. The number of allylic oxidation sites excluding steroid dienone is 3. The fourth-order valence-electron chi connectivity index (χ4n) is 1.08. The summed E-state index contributed by atoms with van der Waals surface area (Å²) in [5.74, 6) is 0. The lowest BCUT2D eigenvalue weighted by Crippen LogP contribution is -1.91. The van der Waals surface area contributed by atoms with E-state index in [-0.39, 0.29) is 0 Å². The van der Waals surface area contributed by atoms with Crippen LogP contribution in [0.2, 0.25) is 0 Å². The quantitative estimate of drug-likeness (QED) is 0.387. The van der Waals surface area contributed by atoms with E-state index in [4.69, 9.17) is 0 Å². The average Bonchev–Trinajstić information content (AvgIpc) is 2.35. The smallest absolute Gasteiger partial charge is 0.0264 e. The van der Waals surface area contributed by atoms with E-state index in [0.717, 1.165) is 40.1 Å². The number of hydrogen-bond acceptors (Lipinski definition) is 3. The molecular weight excluding hydrogens is 253 g/mol. The summed E-state index contributed by atoms with van der Waals surface area (Å²) in [5, 5.41) is 0. The lowest BCUT2D eigenvalue weighted by molar-refractivity contribution is 0.304. The minimum Gasteiger partial charge on any atom is -0.110 e. The molecule has 0 saturated carbocycles. The first-order valence-corrected chi connectivity index (χ1v) is 7.00. The summed E-state index contributed by atoms with van der Waals surface area (Å²) in [7, 11) is 0. The van der Waals surface area contributed by atoms with Crippen LogP contribution in [0.5, 0.6) is 0 Å². The van der Waals surface area contributed by atoms with Gasteiger partial charge in [0, 0.05) is 33.7 Å². The molecule has 1 rings (SSSR count). The average molecular weight is 269 g/mol. The van der Waals surface area contributed by atoms with Gasteiger partial charge in [0.2, 0.25) is 0 Å². The minimum atomic E-state index is 0.671. The van der Waals surface area contributed by atoms with Crippen molar-refractivity contribution in [2.45, 2.75) is 25.2 Å². The van der Waals surface area contributed by atoms with Gasteiger partial charge in [0.1, 0.15) is 0 Å². The number of hydrogen-bond donors (Lipinski definition) is 0. The van der Waals surface area contributed by atoms with E-state index in [9.17, 15) is 4.48 Å². The zero-order valence-electron chi connectivity index (χ0n) is 9.97. The highest BCUT2D eigenvalue weighted by Gasteiger charge is 2.07. The molecule has 17 heavy (non-hydrogen) atoms. The van der Waals surface area contributed by atoms with Crippen molar-refractivity contribution in [3.8, 4) is 0 Å². The van der Waals surface area contributed by atoms with Crippen LogP contribution in [0.1, 0.15) is 20.3 Å². The Morgan fingerprint density at radius 2 is 2.06 bits per heavy atom. The Hall–Kier alpha value is -0.710. The normalized spacial score (nSPS) is 12.6. The van der Waals surface area contributed by atoms with Gasteiger partial charge in [-0.2, -0.15) is 0 Å². The predicted octanol–water partition coefficient (Wildman–Crippen LogP) is 5.40. The highest BCUT2D eigenvalue weighted by atomic mass is 32.2. The van der Waals surface area contributed by atoms with E-state index in [1.165, 1.54) is 0 Å². The largest absolute Gasteiger partial charge is 0.110 e. The lowest BCUT2D eigenvalue weighted by atomic mass is 10.4. The molecule has 92 valence electrons. The van der Waals surface area contributed by atoms with Crippen LogP contribution in [0.25, 0.3) is 0 Å². The Morgan fingerprint density at radius 1 is 1.35 bits per heavy atom. The van der Waals surface area contributed by atoms with Gasteiger partial charge in [-0.15, -0.1) is 4.48 Å². The number of benzene rings is 1. The van der Waals surface area contributed by atoms with Crippen molar-refractivity contribution < 1.29 is 4.48 Å². The summed E-state index contributed by atoms with van der Waals surface area (Å²) in [6, 6.07) is 9.48. The maximum absolute atomic E-state index is 13.6. The van der Waals surface area contributed by atoms with Gasteiger partial charge in [0.25, 0.3) is 0 Å². The van der Waals surface area contributed by atoms with Crippen LogP contribution < -0.4 is 0 Å². The molecule has 0 heterocycles. The molecule has 0 aliphatic rings. The molecule has 0 fully saturated rings. The molecule has 0 aliphatic carbocycles. The second kappa shape index (κ2) is 8.39. The Bertz CT molecular complexity index is 376. The zero-order chi connectivity index (χ0) is 12.5. The van der Waals surface area contributed by atoms with Gasteiger partial charge in [-0.05, 0) is 29.4 Å². The van der Waals surface area contributed by atoms with Crippen molar-refractivity contribution in [3.05, 3.63) is 53.5 Å². The first kappa shape index (κ1) is 14.4. The summed E-state index contributed by atoms with van der Waals surface area (Å²) < 4.78 is 14.3. The standard InChI is InChI=1S/C13H16FNS2/c1-3-5-9-12(4-2)16-15(14)17-13-10-7-6-8-11-13/h4-11H,3H2,1-2H3/b9-5-,12-4+. The molecule has 1 nitrogen and oxygen atoms in total. The van der Waals surface area contributed by atoms with Crippen molar-refractivity contribution in [2.24, 2.45) is 0 Å². The van der Waals surface area contributed by atoms with E-state index in [1.54, 1.807) is 0 Å². The summed E-state index contributed by atoms with van der Waals surface area (Å²) in [6.45, 7) is 3.96. The van der Waals surface area contributed by atoms with Gasteiger partial charge >= 0.3 is 0 Å². The Labute approximate surface area is 111 Å². The van der Waals surface area contributed by atoms with E-state index in [0.29, 0.717) is 3.93 Å². The first-order valence-electron chi connectivity index (χ1n) is 5.46. The van der Waals surface area contributed by atoms with Crippen molar-refractivity contribution in [1.82, 2.24) is 3.93 Å². The molecular formula is C13H16FNS2. The van der Waals surface area contributed by atoms with Crippen LogP contribution in [0.4, 0.5) is 4.48 Å². The highest BCUT2D eigenvalue weighted by Crippen LogP contribution is 2.34. The highest BCUT2D eigenvalue weighted by molar-refractivity contribution is 8.13. The van der Waals surface area contributed by atoms with E-state index < -0.39 is 0 Å². The topological polar surface area (TPSA) is 3.24 Å². The van der Waals surface area contributed by atoms with Crippen molar-refractivity contribution in [3.63, 3.8) is 0 Å². The third-order valence-electron chi connectivity index (χ3n) is 1.90. The van der Waals surface area contributed by atoms with E-state index in [1.807, 2.05) is 55.5 Å². The third-order valence-corrected chi connectivity index (χ3v) is 3.70. The number of nitrogens with zero attached hydrogens (tertiary/aromatic N) is 1. The van der Waals surface area contributed by atoms with Crippen LogP contribution >= 0.6 is 23.9 Å². The Balaban J connectivity index is 2.49. The summed E-state index contributed by atoms with van der Waals surface area (Å²) in [6.07, 6.45) is 6.80. The van der Waals surface area contributed by atoms with Gasteiger partial charge in [0.05, 0.1) is 0 Å². The van der Waals surface area contributed by atoms with Crippen molar-refractivity contribution >= 4 is 23.9 Å². The Morgan fingerprint density at radius 3 is 2.65 bits per heavy atom. The first-order chi connectivity index (χ1) is 8.26. The molecule has 0 aliphatic heterocycles. The maximum atomic E-state index is 13.6. The lowest BCUT2D eigenvalue weighted by Gasteiger charge is -2.09. The molecule has 0 saturated heterocycles. The van der Waals surface area contributed by atoms with Crippen molar-refractivity contribution in [1.29, 1.82) is 0 Å². The van der Waals surface area contributed by atoms with Crippen LogP contribution in [0.15, 0.2) is 58.4 Å². The van der Waals surface area contributed by atoms with Crippen LogP contribution in [0.3, 0.4) is 0 Å². The molecule has 4 heteroatoms. The molecule has 0 amide bonds. The monoisotopic (exact) mass is 269 g/mol. The molecule has 0 spiro atoms. The summed E-state index contributed by atoms with van der Waals surface area (Å²) in [5.41, 5.74) is 0. The fourth-order valence-corrected chi connectivity index (χ4v) is 2.62. The molecule has 0 aromatic heterocycles. The number of rotatable bonds is 6. The molecule has 1 aromatic carbocycles. The molecule has 0 bridgehead atoms. The summed E-state index contributed by atoms with van der Waals surface area (Å²) in [4.78, 5) is 1.79. The second-order valence-corrected chi connectivity index (χ2v) is 5.39. The number of halogens is 1. The molecule has 0 atom stereocenters. The van der Waals surface area contributed by atoms with Gasteiger partial charge in [0.15, 0.2) is 0 Å². The molecule has 0 unspecified atom stereocenters. The van der Waals surface area contributed by atoms with E-state index >= 15 is 0 Å². The van der Waals surface area contributed by atoms with E-state index in [2.05, 4.69) is 6.92 Å². The van der Waals surface area contributed by atoms with Gasteiger partial charge in [-0.1, -0.05) is 43.4 Å². The fraction of sp³-hybridized carbons (Fsp3) is 0.231. The van der Waals surface area contributed by atoms with Crippen molar-refractivity contribution in [2.75, 3.05) is 0 Å². The predicted molar refractivity (Wildman–Crippen MR) is 76.0 cm³/mol. The third kappa shape index (κ3) is 5.96. The maximum Gasteiger partial charge on any atom is 0.0264 e. The molecule has 0 radical (unpaired) electrons. The van der Waals surface area contributed by atoms with Gasteiger partial charge in [-0.3, -0.25) is 0 Å². The minimum absolute atomic E-state index is 0.671. The summed E-state index contributed by atoms with van der Waals surface area (Å²) >= 11 is 2.16. The van der Waals surface area contributed by atoms with Crippen LogP contribution in [-0.2, 0) is 0 Å². The second-order valence-electron chi connectivity index (χ2n) is 3.21.